The number of primary amides is 1. The van der Waals surface area contributed by atoms with E-state index in [1.54, 1.807) is 10.9 Å². The monoisotopic (exact) mass is 266 g/mol. The van der Waals surface area contributed by atoms with Crippen molar-refractivity contribution in [3.8, 4) is 0 Å². The molecule has 2 aromatic heterocycles. The molecule has 0 saturated heterocycles. The van der Waals surface area contributed by atoms with Gasteiger partial charge in [0, 0.05) is 17.8 Å². The fourth-order valence-electron chi connectivity index (χ4n) is 2.18. The number of hydrogen-bond donors (Lipinski definition) is 1. The van der Waals surface area contributed by atoms with Crippen LogP contribution in [0.3, 0.4) is 0 Å². The van der Waals surface area contributed by atoms with Crippen molar-refractivity contribution < 1.29 is 4.79 Å². The van der Waals surface area contributed by atoms with Crippen LogP contribution >= 0.6 is 0 Å². The van der Waals surface area contributed by atoms with Crippen LogP contribution in [0.15, 0.2) is 60.9 Å². The molecule has 0 aliphatic rings. The Labute approximate surface area is 116 Å². The first-order valence-corrected chi connectivity index (χ1v) is 6.29. The Balaban J connectivity index is 2.01. The third-order valence-electron chi connectivity index (χ3n) is 3.13. The molecule has 3 rings (SSSR count). The lowest BCUT2D eigenvalue weighted by molar-refractivity contribution is 0.248. The van der Waals surface area contributed by atoms with E-state index in [1.807, 2.05) is 54.7 Å². The highest BCUT2D eigenvalue weighted by Gasteiger charge is 2.15. The lowest BCUT2D eigenvalue weighted by atomic mass is 10.2. The summed E-state index contributed by atoms with van der Waals surface area (Å²) in [6, 6.07) is 14.8. The van der Waals surface area contributed by atoms with Gasteiger partial charge in [0.25, 0.3) is 0 Å². The molecule has 0 unspecified atom stereocenters. The van der Waals surface area contributed by atoms with Crippen LogP contribution in [0, 0.1) is 0 Å². The third-order valence-corrected chi connectivity index (χ3v) is 3.13. The van der Waals surface area contributed by atoms with Crippen LogP contribution in [-0.2, 0) is 6.54 Å². The first-order chi connectivity index (χ1) is 9.75. The Bertz CT molecular complexity index is 736. The van der Waals surface area contributed by atoms with E-state index in [1.165, 1.54) is 5.01 Å². The second kappa shape index (κ2) is 5.05. The zero-order chi connectivity index (χ0) is 13.9. The number of pyridine rings is 1. The quantitative estimate of drug-likeness (QED) is 0.790. The maximum atomic E-state index is 11.7. The summed E-state index contributed by atoms with van der Waals surface area (Å²) in [5, 5.41) is 2.52. The topological polar surface area (TPSA) is 64.2 Å². The van der Waals surface area contributed by atoms with Crippen LogP contribution in [-0.4, -0.2) is 15.7 Å². The first-order valence-electron chi connectivity index (χ1n) is 6.29. The fraction of sp³-hybridized carbons (Fsp3) is 0.0667. The van der Waals surface area contributed by atoms with E-state index in [0.29, 0.717) is 6.54 Å². The fourth-order valence-corrected chi connectivity index (χ4v) is 2.18. The van der Waals surface area contributed by atoms with E-state index in [9.17, 15) is 4.79 Å². The van der Waals surface area contributed by atoms with E-state index >= 15 is 0 Å². The normalized spacial score (nSPS) is 10.6. The van der Waals surface area contributed by atoms with E-state index < -0.39 is 6.03 Å². The highest BCUT2D eigenvalue weighted by atomic mass is 16.2. The molecule has 20 heavy (non-hydrogen) atoms. The average molecular weight is 266 g/mol. The van der Waals surface area contributed by atoms with Crippen LogP contribution in [0.1, 0.15) is 5.69 Å². The average Bonchev–Trinajstić information content (AvgIpc) is 2.89. The summed E-state index contributed by atoms with van der Waals surface area (Å²) in [6.07, 6.45) is 3.53. The van der Waals surface area contributed by atoms with Gasteiger partial charge in [-0.25, -0.2) is 9.80 Å². The summed E-state index contributed by atoms with van der Waals surface area (Å²) in [4.78, 5) is 16.0. The van der Waals surface area contributed by atoms with Crippen molar-refractivity contribution in [2.24, 2.45) is 5.73 Å². The number of carbonyl (C=O) groups is 1. The van der Waals surface area contributed by atoms with E-state index in [0.717, 1.165) is 16.6 Å². The number of nitrogens with two attached hydrogens (primary N) is 1. The van der Waals surface area contributed by atoms with Crippen molar-refractivity contribution in [3.05, 3.63) is 66.6 Å². The van der Waals surface area contributed by atoms with Gasteiger partial charge >= 0.3 is 6.03 Å². The molecule has 0 aliphatic carbocycles. The summed E-state index contributed by atoms with van der Waals surface area (Å²) < 4.78 is 1.76. The number of nitrogens with zero attached hydrogens (tertiary/aromatic N) is 3. The van der Waals surface area contributed by atoms with Gasteiger partial charge in [0.1, 0.15) is 0 Å². The zero-order valence-corrected chi connectivity index (χ0v) is 10.8. The minimum atomic E-state index is -0.517. The highest BCUT2D eigenvalue weighted by Crippen LogP contribution is 2.16. The van der Waals surface area contributed by atoms with Crippen LogP contribution in [0.2, 0.25) is 0 Å². The van der Waals surface area contributed by atoms with Crippen LogP contribution < -0.4 is 10.7 Å². The maximum Gasteiger partial charge on any atom is 0.334 e. The largest absolute Gasteiger partial charge is 0.350 e. The molecule has 0 radical (unpaired) electrons. The van der Waals surface area contributed by atoms with E-state index in [2.05, 4.69) is 4.98 Å². The zero-order valence-electron chi connectivity index (χ0n) is 10.8. The molecule has 0 spiro atoms. The van der Waals surface area contributed by atoms with E-state index in [-0.39, 0.29) is 0 Å². The van der Waals surface area contributed by atoms with Crippen molar-refractivity contribution in [2.45, 2.75) is 6.54 Å². The molecule has 2 heterocycles. The summed E-state index contributed by atoms with van der Waals surface area (Å²) in [5.74, 6) is 0. The van der Waals surface area contributed by atoms with Crippen molar-refractivity contribution >= 4 is 16.9 Å². The Morgan fingerprint density at radius 2 is 1.95 bits per heavy atom. The number of carbonyl (C=O) groups excluding carboxylic acids is 1. The number of aromatic nitrogens is 2. The lowest BCUT2D eigenvalue weighted by Crippen LogP contribution is -2.43. The van der Waals surface area contributed by atoms with Crippen molar-refractivity contribution in [1.29, 1.82) is 0 Å². The van der Waals surface area contributed by atoms with Gasteiger partial charge in [-0.15, -0.1) is 0 Å². The smallest absolute Gasteiger partial charge is 0.334 e. The Hall–Kier alpha value is -2.82. The van der Waals surface area contributed by atoms with E-state index in [4.69, 9.17) is 5.73 Å². The molecule has 0 aliphatic heterocycles. The molecule has 0 atom stereocenters. The van der Waals surface area contributed by atoms with Gasteiger partial charge in [0.2, 0.25) is 0 Å². The van der Waals surface area contributed by atoms with Gasteiger partial charge in [-0.1, -0.05) is 24.3 Å². The van der Waals surface area contributed by atoms with Crippen LogP contribution in [0.25, 0.3) is 10.9 Å². The molecular weight excluding hydrogens is 252 g/mol. The van der Waals surface area contributed by atoms with Crippen LogP contribution in [0.5, 0.6) is 0 Å². The van der Waals surface area contributed by atoms with Crippen molar-refractivity contribution in [3.63, 3.8) is 0 Å². The highest BCUT2D eigenvalue weighted by molar-refractivity contribution is 5.87. The van der Waals surface area contributed by atoms with Crippen molar-refractivity contribution in [1.82, 2.24) is 9.66 Å². The van der Waals surface area contributed by atoms with Gasteiger partial charge < -0.3 is 5.73 Å². The number of fused-ring (bicyclic) bond motifs is 1. The van der Waals surface area contributed by atoms with Crippen molar-refractivity contribution in [2.75, 3.05) is 5.01 Å². The first kappa shape index (κ1) is 12.2. The predicted octanol–water partition coefficient (Wildman–Crippen LogP) is 2.25. The van der Waals surface area contributed by atoms with Gasteiger partial charge in [0.15, 0.2) is 0 Å². The summed E-state index contributed by atoms with van der Waals surface area (Å²) in [5.41, 5.74) is 7.22. The molecule has 0 saturated carbocycles. The summed E-state index contributed by atoms with van der Waals surface area (Å²) in [6.45, 7) is 0.328. The standard InChI is InChI=1S/C15H14N4O/c16-15(20)19(11-13-6-3-4-9-17-13)18-10-8-12-5-1-2-7-14(12)18/h1-10H,11H2,(H2,16,20). The lowest BCUT2D eigenvalue weighted by Gasteiger charge is -2.22. The number of hydrogen-bond acceptors (Lipinski definition) is 2. The molecule has 3 aromatic rings. The SMILES string of the molecule is NC(=O)N(Cc1ccccn1)n1ccc2ccccc21. The Kier molecular flexibility index (Phi) is 3.09. The number of para-hydroxylation sites is 1. The molecule has 1 aromatic carbocycles. The van der Waals surface area contributed by atoms with Gasteiger partial charge in [0.05, 0.1) is 17.8 Å². The molecule has 5 heteroatoms. The third kappa shape index (κ3) is 2.21. The Morgan fingerprint density at radius 3 is 2.70 bits per heavy atom. The predicted molar refractivity (Wildman–Crippen MR) is 77.7 cm³/mol. The summed E-state index contributed by atoms with van der Waals surface area (Å²) >= 11 is 0. The van der Waals surface area contributed by atoms with Crippen LogP contribution in [0.4, 0.5) is 4.79 Å². The molecule has 2 N–H and O–H groups in total. The Morgan fingerprint density at radius 1 is 1.15 bits per heavy atom. The molecule has 100 valence electrons. The molecule has 0 fully saturated rings. The number of benzene rings is 1. The molecule has 0 bridgehead atoms. The molecular formula is C15H14N4O. The van der Waals surface area contributed by atoms with Gasteiger partial charge in [-0.3, -0.25) is 9.66 Å². The maximum absolute atomic E-state index is 11.7. The second-order valence-electron chi connectivity index (χ2n) is 4.44. The second-order valence-corrected chi connectivity index (χ2v) is 4.44. The van der Waals surface area contributed by atoms with Gasteiger partial charge in [-0.2, -0.15) is 0 Å². The number of urea groups is 1. The number of amides is 2. The molecule has 5 nitrogen and oxygen atoms in total. The van der Waals surface area contributed by atoms with Gasteiger partial charge in [-0.05, 0) is 24.3 Å². The summed E-state index contributed by atoms with van der Waals surface area (Å²) in [7, 11) is 0. The minimum absolute atomic E-state index is 0.328. The molecule has 2 amide bonds. The minimum Gasteiger partial charge on any atom is -0.350 e. The number of rotatable bonds is 3.